The summed E-state index contributed by atoms with van der Waals surface area (Å²) in [5.74, 6) is 0.980. The van der Waals surface area contributed by atoms with Gasteiger partial charge in [0.05, 0.1) is 27.1 Å². The summed E-state index contributed by atoms with van der Waals surface area (Å²) in [5.41, 5.74) is 8.62. The lowest BCUT2D eigenvalue weighted by molar-refractivity contribution is 0.0960. The fourth-order valence-corrected chi connectivity index (χ4v) is 4.48. The maximum absolute atomic E-state index is 12.3. The molecular weight excluding hydrogens is 504 g/mol. The number of thiophene rings is 1. The van der Waals surface area contributed by atoms with Crippen LogP contribution in [0.5, 0.6) is 5.75 Å². The normalized spacial score (nSPS) is 12.8. The van der Waals surface area contributed by atoms with Crippen LogP contribution in [-0.2, 0) is 6.61 Å². The van der Waals surface area contributed by atoms with Crippen molar-refractivity contribution in [2.45, 2.75) is 13.5 Å². The van der Waals surface area contributed by atoms with Crippen LogP contribution in [0.1, 0.15) is 21.1 Å². The number of hydrogen-bond donors (Lipinski definition) is 3. The molecule has 3 N–H and O–H groups in total. The van der Waals surface area contributed by atoms with Crippen LogP contribution in [0.3, 0.4) is 0 Å². The SMILES string of the molecule is Cc1cc(COc2cc(-n3ccccc3=O)ccc2N2C=C(CNC(=O)c3ccc(Cl)s3)NN2)no1. The van der Waals surface area contributed by atoms with Crippen molar-refractivity contribution in [2.75, 3.05) is 11.6 Å². The minimum Gasteiger partial charge on any atom is -0.485 e. The summed E-state index contributed by atoms with van der Waals surface area (Å²) in [6.07, 6.45) is 3.50. The van der Waals surface area contributed by atoms with Gasteiger partial charge in [-0.2, -0.15) is 0 Å². The molecule has 184 valence electrons. The van der Waals surface area contributed by atoms with Crippen LogP contribution in [-0.4, -0.2) is 22.2 Å². The third kappa shape index (κ3) is 5.28. The number of carbonyl (C=O) groups excluding carboxylic acids is 1. The van der Waals surface area contributed by atoms with Gasteiger partial charge in [-0.15, -0.1) is 16.9 Å². The van der Waals surface area contributed by atoms with Gasteiger partial charge in [-0.25, -0.2) is 0 Å². The van der Waals surface area contributed by atoms with Crippen molar-refractivity contribution in [1.82, 2.24) is 26.0 Å². The van der Waals surface area contributed by atoms with Gasteiger partial charge >= 0.3 is 0 Å². The molecule has 4 heterocycles. The Balaban J connectivity index is 1.37. The molecule has 0 bridgehead atoms. The lowest BCUT2D eigenvalue weighted by Gasteiger charge is -2.20. The molecule has 0 radical (unpaired) electrons. The zero-order chi connectivity index (χ0) is 25.1. The lowest BCUT2D eigenvalue weighted by Crippen LogP contribution is -2.38. The Morgan fingerprint density at radius 2 is 2.11 bits per heavy atom. The Kier molecular flexibility index (Phi) is 6.76. The second-order valence-electron chi connectivity index (χ2n) is 7.83. The van der Waals surface area contributed by atoms with Crippen LogP contribution in [0.2, 0.25) is 4.34 Å². The maximum atomic E-state index is 12.3. The van der Waals surface area contributed by atoms with E-state index in [1.54, 1.807) is 53.8 Å². The molecule has 0 fully saturated rings. The summed E-state index contributed by atoms with van der Waals surface area (Å²) in [7, 11) is 0. The van der Waals surface area contributed by atoms with Gasteiger partial charge in [0.1, 0.15) is 29.5 Å². The number of hydrogen-bond acceptors (Lipinski definition) is 9. The third-order valence-electron chi connectivity index (χ3n) is 5.21. The van der Waals surface area contributed by atoms with Crippen molar-refractivity contribution in [3.63, 3.8) is 0 Å². The molecule has 3 aromatic heterocycles. The van der Waals surface area contributed by atoms with E-state index in [0.717, 1.165) is 5.70 Å². The number of hydrazine groups is 2. The predicted octanol–water partition coefficient (Wildman–Crippen LogP) is 3.53. The van der Waals surface area contributed by atoms with Crippen molar-refractivity contribution in [2.24, 2.45) is 0 Å². The number of rotatable bonds is 8. The Hall–Kier alpha value is -4.06. The number of nitrogens with zero attached hydrogens (tertiary/aromatic N) is 3. The highest BCUT2D eigenvalue weighted by atomic mass is 35.5. The van der Waals surface area contributed by atoms with Gasteiger partial charge in [-0.3, -0.25) is 19.2 Å². The first-order chi connectivity index (χ1) is 17.5. The molecule has 0 saturated heterocycles. The molecular formula is C24H21ClN6O4S. The molecule has 12 heteroatoms. The zero-order valence-corrected chi connectivity index (χ0v) is 20.6. The summed E-state index contributed by atoms with van der Waals surface area (Å²) in [5, 5.41) is 8.56. The van der Waals surface area contributed by atoms with Crippen molar-refractivity contribution in [3.05, 3.63) is 104 Å². The average Bonchev–Trinajstić information content (AvgIpc) is 3.63. The van der Waals surface area contributed by atoms with E-state index in [2.05, 4.69) is 21.4 Å². The standard InChI is InChI=1S/C24H21ClN6O4S/c1-15-10-16(28-35-15)14-34-20-11-18(30-9-3-2-4-23(30)32)5-6-19(20)31-13-17(27-29-31)12-26-24(33)21-7-8-22(25)36-21/h2-11,13,27,29H,12,14H2,1H3,(H,26,33). The summed E-state index contributed by atoms with van der Waals surface area (Å²) in [4.78, 5) is 25.2. The van der Waals surface area contributed by atoms with E-state index in [4.69, 9.17) is 20.9 Å². The van der Waals surface area contributed by atoms with Crippen LogP contribution in [0, 0.1) is 6.92 Å². The highest BCUT2D eigenvalue weighted by Gasteiger charge is 2.19. The fourth-order valence-electron chi connectivity index (χ4n) is 3.52. The molecule has 4 aromatic rings. The number of carbonyl (C=O) groups is 1. The van der Waals surface area contributed by atoms with E-state index in [9.17, 15) is 9.59 Å². The van der Waals surface area contributed by atoms with E-state index in [1.807, 2.05) is 19.1 Å². The Morgan fingerprint density at radius 1 is 1.22 bits per heavy atom. The van der Waals surface area contributed by atoms with Gasteiger partial charge < -0.3 is 20.0 Å². The molecule has 5 rings (SSSR count). The van der Waals surface area contributed by atoms with Crippen molar-refractivity contribution in [1.29, 1.82) is 0 Å². The second-order valence-corrected chi connectivity index (χ2v) is 9.54. The molecule has 1 aromatic carbocycles. The molecule has 1 amide bonds. The molecule has 0 atom stereocenters. The molecule has 0 aliphatic carbocycles. The molecule has 0 saturated carbocycles. The van der Waals surface area contributed by atoms with Gasteiger partial charge in [-0.1, -0.05) is 22.8 Å². The molecule has 0 spiro atoms. The van der Waals surface area contributed by atoms with Crippen LogP contribution >= 0.6 is 22.9 Å². The van der Waals surface area contributed by atoms with Crippen LogP contribution < -0.4 is 31.6 Å². The van der Waals surface area contributed by atoms with E-state index in [1.165, 1.54) is 22.0 Å². The van der Waals surface area contributed by atoms with Gasteiger partial charge in [0, 0.05) is 30.6 Å². The Labute approximate surface area is 214 Å². The van der Waals surface area contributed by atoms with Crippen LogP contribution in [0.4, 0.5) is 5.69 Å². The highest BCUT2D eigenvalue weighted by Crippen LogP contribution is 2.32. The number of halogens is 1. The first kappa shape index (κ1) is 23.7. The summed E-state index contributed by atoms with van der Waals surface area (Å²) >= 11 is 7.13. The van der Waals surface area contributed by atoms with Crippen LogP contribution in [0.15, 0.2) is 82.0 Å². The largest absolute Gasteiger partial charge is 0.485 e. The first-order valence-electron chi connectivity index (χ1n) is 10.9. The molecule has 10 nitrogen and oxygen atoms in total. The van der Waals surface area contributed by atoms with E-state index in [0.29, 0.717) is 37.8 Å². The zero-order valence-electron chi connectivity index (χ0n) is 19.0. The van der Waals surface area contributed by atoms with E-state index < -0.39 is 0 Å². The number of nitrogens with one attached hydrogen (secondary N) is 3. The van der Waals surface area contributed by atoms with Gasteiger partial charge in [-0.05, 0) is 37.3 Å². The Bertz CT molecular complexity index is 1490. The maximum Gasteiger partial charge on any atom is 0.261 e. The van der Waals surface area contributed by atoms with Gasteiger partial charge in [0.15, 0.2) is 0 Å². The van der Waals surface area contributed by atoms with Crippen LogP contribution in [0.25, 0.3) is 5.69 Å². The Morgan fingerprint density at radius 3 is 2.86 bits per heavy atom. The number of pyridine rings is 1. The molecule has 36 heavy (non-hydrogen) atoms. The summed E-state index contributed by atoms with van der Waals surface area (Å²) < 4.78 is 13.3. The number of anilines is 1. The predicted molar refractivity (Wildman–Crippen MR) is 136 cm³/mol. The topological polar surface area (TPSA) is 114 Å². The molecule has 1 aliphatic heterocycles. The number of aryl methyl sites for hydroxylation is 1. The van der Waals surface area contributed by atoms with E-state index >= 15 is 0 Å². The first-order valence-corrected chi connectivity index (χ1v) is 12.1. The quantitative estimate of drug-likeness (QED) is 0.321. The van der Waals surface area contributed by atoms with Crippen molar-refractivity contribution < 1.29 is 14.1 Å². The number of aromatic nitrogens is 2. The minimum absolute atomic E-state index is 0.158. The summed E-state index contributed by atoms with van der Waals surface area (Å²) in [6, 6.07) is 15.6. The molecule has 1 aliphatic rings. The average molecular weight is 525 g/mol. The van der Waals surface area contributed by atoms with Gasteiger partial charge in [0.2, 0.25) is 0 Å². The van der Waals surface area contributed by atoms with E-state index in [-0.39, 0.29) is 24.6 Å². The number of amides is 1. The lowest BCUT2D eigenvalue weighted by atomic mass is 10.2. The second kappa shape index (κ2) is 10.3. The van der Waals surface area contributed by atoms with Crippen molar-refractivity contribution in [3.8, 4) is 11.4 Å². The minimum atomic E-state index is -0.211. The highest BCUT2D eigenvalue weighted by molar-refractivity contribution is 7.18. The van der Waals surface area contributed by atoms with Gasteiger partial charge in [0.25, 0.3) is 11.5 Å². The fraction of sp³-hybridized carbons (Fsp3) is 0.125. The third-order valence-corrected chi connectivity index (χ3v) is 6.44. The number of benzene rings is 1. The van der Waals surface area contributed by atoms with Crippen molar-refractivity contribution >= 4 is 34.5 Å². The summed E-state index contributed by atoms with van der Waals surface area (Å²) in [6.45, 7) is 2.25. The molecule has 0 unspecified atom stereocenters. The number of ether oxygens (including phenoxy) is 1. The smallest absolute Gasteiger partial charge is 0.261 e. The monoisotopic (exact) mass is 524 g/mol.